The molecular weight excluding hydrogens is 330 g/mol. The second-order valence-electron chi connectivity index (χ2n) is 8.22. The molecule has 0 aromatic heterocycles. The number of hydrogen-bond acceptors (Lipinski definition) is 3. The van der Waals surface area contributed by atoms with Crippen LogP contribution in [0.3, 0.4) is 0 Å². The van der Waals surface area contributed by atoms with Gasteiger partial charge in [-0.05, 0) is 69.1 Å². The first-order valence-corrected chi connectivity index (χ1v) is 11.5. The molecule has 0 aliphatic heterocycles. The van der Waals surface area contributed by atoms with Crippen molar-refractivity contribution in [2.24, 2.45) is 11.8 Å². The normalized spacial score (nSPS) is 21.5. The first-order valence-electron chi connectivity index (χ1n) is 9.75. The van der Waals surface area contributed by atoms with Crippen molar-refractivity contribution in [3.8, 4) is 0 Å². The van der Waals surface area contributed by atoms with E-state index in [1.54, 1.807) is 13.8 Å². The van der Waals surface area contributed by atoms with E-state index in [2.05, 4.69) is 43.3 Å². The Morgan fingerprint density at radius 1 is 1.00 bits per heavy atom. The van der Waals surface area contributed by atoms with Gasteiger partial charge in [0.25, 0.3) is 0 Å². The van der Waals surface area contributed by atoms with Crippen LogP contribution < -0.4 is 4.90 Å². The number of benzene rings is 1. The third kappa shape index (κ3) is 6.32. The maximum absolute atomic E-state index is 12.1. The van der Waals surface area contributed by atoms with E-state index in [0.29, 0.717) is 11.7 Å². The molecule has 1 aliphatic carbocycles. The van der Waals surface area contributed by atoms with Crippen LogP contribution in [0.25, 0.3) is 0 Å². The van der Waals surface area contributed by atoms with E-state index in [-0.39, 0.29) is 5.25 Å². The van der Waals surface area contributed by atoms with Gasteiger partial charge in [0, 0.05) is 19.8 Å². The molecule has 1 aliphatic rings. The Balaban J connectivity index is 1.68. The van der Waals surface area contributed by atoms with Gasteiger partial charge < -0.3 is 4.90 Å². The summed E-state index contributed by atoms with van der Waals surface area (Å²) in [5.41, 5.74) is 2.67. The van der Waals surface area contributed by atoms with E-state index >= 15 is 0 Å². The summed E-state index contributed by atoms with van der Waals surface area (Å²) in [6.07, 6.45) is 8.26. The summed E-state index contributed by atoms with van der Waals surface area (Å²) in [5.74, 6) is 1.58. The van der Waals surface area contributed by atoms with Crippen molar-refractivity contribution >= 4 is 15.5 Å². The lowest BCUT2D eigenvalue weighted by Gasteiger charge is -2.28. The lowest BCUT2D eigenvalue weighted by molar-refractivity contribution is 0.274. The number of anilines is 1. The average molecular weight is 366 g/mol. The van der Waals surface area contributed by atoms with Crippen LogP contribution >= 0.6 is 0 Å². The molecule has 1 fully saturated rings. The summed E-state index contributed by atoms with van der Waals surface area (Å²) in [6, 6.07) is 8.86. The van der Waals surface area contributed by atoms with Gasteiger partial charge in [-0.3, -0.25) is 0 Å². The van der Waals surface area contributed by atoms with Gasteiger partial charge in [-0.1, -0.05) is 31.4 Å². The molecule has 0 heterocycles. The van der Waals surface area contributed by atoms with Crippen LogP contribution in [0.15, 0.2) is 24.3 Å². The third-order valence-electron chi connectivity index (χ3n) is 5.68. The molecule has 1 saturated carbocycles. The standard InChI is InChI=1S/C21H35NO2S/c1-17(2)25(23,24)16-20-10-8-18(9-11-20)6-5-7-19-12-14-21(15-13-19)22(3)4/h12-15,17-18,20H,5-11,16H2,1-4H3. The summed E-state index contributed by atoms with van der Waals surface area (Å²) in [7, 11) is 1.25. The fourth-order valence-corrected chi connectivity index (χ4v) is 5.14. The summed E-state index contributed by atoms with van der Waals surface area (Å²) < 4.78 is 24.1. The van der Waals surface area contributed by atoms with Crippen molar-refractivity contribution in [1.29, 1.82) is 0 Å². The van der Waals surface area contributed by atoms with Gasteiger partial charge in [-0.15, -0.1) is 0 Å². The average Bonchev–Trinajstić information content (AvgIpc) is 2.56. The number of nitrogens with zero attached hydrogens (tertiary/aromatic N) is 1. The lowest BCUT2D eigenvalue weighted by atomic mass is 9.80. The smallest absolute Gasteiger partial charge is 0.152 e. The summed E-state index contributed by atoms with van der Waals surface area (Å²) in [5, 5.41) is -0.232. The van der Waals surface area contributed by atoms with Crippen molar-refractivity contribution in [1.82, 2.24) is 0 Å². The monoisotopic (exact) mass is 365 g/mol. The molecule has 1 aromatic rings. The summed E-state index contributed by atoms with van der Waals surface area (Å²) in [4.78, 5) is 2.13. The molecule has 4 heteroatoms. The van der Waals surface area contributed by atoms with E-state index in [0.717, 1.165) is 25.2 Å². The molecule has 0 amide bonds. The van der Waals surface area contributed by atoms with Gasteiger partial charge in [0.2, 0.25) is 0 Å². The minimum absolute atomic E-state index is 0.232. The van der Waals surface area contributed by atoms with Crippen LogP contribution in [0.1, 0.15) is 57.9 Å². The number of aryl methyl sites for hydroxylation is 1. The molecular formula is C21H35NO2S. The summed E-state index contributed by atoms with van der Waals surface area (Å²) in [6.45, 7) is 3.60. The van der Waals surface area contributed by atoms with Gasteiger partial charge in [0.05, 0.1) is 11.0 Å². The Bertz CT molecular complexity index is 612. The fraction of sp³-hybridized carbons (Fsp3) is 0.714. The van der Waals surface area contributed by atoms with Gasteiger partial charge in [0.1, 0.15) is 0 Å². The molecule has 25 heavy (non-hydrogen) atoms. The van der Waals surface area contributed by atoms with E-state index in [1.165, 1.54) is 36.9 Å². The first-order chi connectivity index (χ1) is 11.8. The van der Waals surface area contributed by atoms with E-state index in [4.69, 9.17) is 0 Å². The molecule has 142 valence electrons. The fourth-order valence-electron chi connectivity index (χ4n) is 3.76. The molecule has 0 spiro atoms. The van der Waals surface area contributed by atoms with Crippen LogP contribution in [0.2, 0.25) is 0 Å². The van der Waals surface area contributed by atoms with Crippen molar-refractivity contribution < 1.29 is 8.42 Å². The second kappa shape index (κ2) is 9.07. The largest absolute Gasteiger partial charge is 0.378 e. The van der Waals surface area contributed by atoms with E-state index < -0.39 is 9.84 Å². The topological polar surface area (TPSA) is 37.4 Å². The van der Waals surface area contributed by atoms with E-state index in [1.807, 2.05) is 0 Å². The summed E-state index contributed by atoms with van der Waals surface area (Å²) >= 11 is 0. The molecule has 1 aromatic carbocycles. The highest BCUT2D eigenvalue weighted by Crippen LogP contribution is 2.33. The molecule has 0 saturated heterocycles. The Morgan fingerprint density at radius 3 is 2.08 bits per heavy atom. The zero-order valence-electron chi connectivity index (χ0n) is 16.4. The minimum atomic E-state index is -2.88. The third-order valence-corrected chi connectivity index (χ3v) is 8.06. The molecule has 0 N–H and O–H groups in total. The SMILES string of the molecule is CC(C)S(=O)(=O)CC1CCC(CCCc2ccc(N(C)C)cc2)CC1. The van der Waals surface area contributed by atoms with Crippen molar-refractivity contribution in [3.63, 3.8) is 0 Å². The Hall–Kier alpha value is -1.03. The Morgan fingerprint density at radius 2 is 1.56 bits per heavy atom. The van der Waals surface area contributed by atoms with Crippen LogP contribution in [0, 0.1) is 11.8 Å². The highest BCUT2D eigenvalue weighted by atomic mass is 32.2. The highest BCUT2D eigenvalue weighted by molar-refractivity contribution is 7.91. The van der Waals surface area contributed by atoms with Gasteiger partial charge in [-0.25, -0.2) is 8.42 Å². The van der Waals surface area contributed by atoms with E-state index in [9.17, 15) is 8.42 Å². The molecule has 2 rings (SSSR count). The Kier molecular flexibility index (Phi) is 7.36. The maximum atomic E-state index is 12.1. The zero-order chi connectivity index (χ0) is 18.4. The molecule has 0 atom stereocenters. The number of sulfone groups is 1. The van der Waals surface area contributed by atoms with Crippen LogP contribution in [0.5, 0.6) is 0 Å². The predicted octanol–water partition coefficient (Wildman–Crippen LogP) is 4.70. The van der Waals surface area contributed by atoms with Crippen LogP contribution in [-0.4, -0.2) is 33.5 Å². The molecule has 0 radical (unpaired) electrons. The quantitative estimate of drug-likeness (QED) is 0.670. The predicted molar refractivity (Wildman–Crippen MR) is 108 cm³/mol. The van der Waals surface area contributed by atoms with Crippen molar-refractivity contribution in [2.45, 2.75) is 64.0 Å². The van der Waals surface area contributed by atoms with Gasteiger partial charge in [0.15, 0.2) is 9.84 Å². The maximum Gasteiger partial charge on any atom is 0.152 e. The van der Waals surface area contributed by atoms with Gasteiger partial charge in [-0.2, -0.15) is 0 Å². The number of hydrogen-bond donors (Lipinski definition) is 0. The minimum Gasteiger partial charge on any atom is -0.378 e. The number of rotatable bonds is 8. The van der Waals surface area contributed by atoms with Crippen LogP contribution in [0.4, 0.5) is 5.69 Å². The molecule has 3 nitrogen and oxygen atoms in total. The Labute approximate surface area is 154 Å². The van der Waals surface area contributed by atoms with Crippen LogP contribution in [-0.2, 0) is 16.3 Å². The lowest BCUT2D eigenvalue weighted by Crippen LogP contribution is -2.26. The van der Waals surface area contributed by atoms with Crippen molar-refractivity contribution in [3.05, 3.63) is 29.8 Å². The second-order valence-corrected chi connectivity index (χ2v) is 10.8. The zero-order valence-corrected chi connectivity index (χ0v) is 17.2. The first kappa shape index (κ1) is 20.3. The molecule has 0 bridgehead atoms. The van der Waals surface area contributed by atoms with Crippen molar-refractivity contribution in [2.75, 3.05) is 24.7 Å². The highest BCUT2D eigenvalue weighted by Gasteiger charge is 2.26. The van der Waals surface area contributed by atoms with Gasteiger partial charge >= 0.3 is 0 Å². The molecule has 0 unspecified atom stereocenters.